The van der Waals surface area contributed by atoms with Crippen molar-refractivity contribution in [1.82, 2.24) is 0 Å². The number of rotatable bonds is 6. The van der Waals surface area contributed by atoms with Gasteiger partial charge in [0, 0.05) is 5.75 Å². The SMILES string of the molecule is CCSCCOc1c(C)cccc1C=O. The van der Waals surface area contributed by atoms with Crippen molar-refractivity contribution in [2.75, 3.05) is 18.1 Å². The van der Waals surface area contributed by atoms with Gasteiger partial charge in [0.05, 0.1) is 12.2 Å². The number of carbonyl (C=O) groups excluding carboxylic acids is 1. The van der Waals surface area contributed by atoms with Crippen LogP contribution >= 0.6 is 11.8 Å². The molecule has 3 heteroatoms. The van der Waals surface area contributed by atoms with Gasteiger partial charge in [0.15, 0.2) is 6.29 Å². The molecule has 0 aliphatic carbocycles. The molecule has 0 amide bonds. The van der Waals surface area contributed by atoms with Crippen LogP contribution in [0, 0.1) is 6.92 Å². The molecule has 0 N–H and O–H groups in total. The monoisotopic (exact) mass is 224 g/mol. The lowest BCUT2D eigenvalue weighted by Crippen LogP contribution is -2.04. The first-order chi connectivity index (χ1) is 7.29. The first-order valence-corrected chi connectivity index (χ1v) is 6.20. The van der Waals surface area contributed by atoms with E-state index in [1.54, 1.807) is 6.07 Å². The quantitative estimate of drug-likeness (QED) is 0.549. The molecule has 0 heterocycles. The fourth-order valence-corrected chi connectivity index (χ4v) is 1.80. The predicted octanol–water partition coefficient (Wildman–Crippen LogP) is 2.94. The van der Waals surface area contributed by atoms with Crippen LogP contribution in [0.2, 0.25) is 0 Å². The Morgan fingerprint density at radius 3 is 2.93 bits per heavy atom. The molecule has 1 rings (SSSR count). The first-order valence-electron chi connectivity index (χ1n) is 5.05. The van der Waals surface area contributed by atoms with Crippen LogP contribution in [-0.4, -0.2) is 24.4 Å². The van der Waals surface area contributed by atoms with E-state index < -0.39 is 0 Å². The third-order valence-corrected chi connectivity index (χ3v) is 2.91. The lowest BCUT2D eigenvalue weighted by Gasteiger charge is -2.10. The van der Waals surface area contributed by atoms with Gasteiger partial charge in [-0.2, -0.15) is 11.8 Å². The number of thioether (sulfide) groups is 1. The molecule has 0 spiro atoms. The van der Waals surface area contributed by atoms with Crippen LogP contribution in [0.3, 0.4) is 0 Å². The summed E-state index contributed by atoms with van der Waals surface area (Å²) >= 11 is 1.83. The number of aryl methyl sites for hydroxylation is 1. The van der Waals surface area contributed by atoms with Crippen LogP contribution in [0.5, 0.6) is 5.75 Å². The molecule has 0 aliphatic heterocycles. The van der Waals surface area contributed by atoms with Gasteiger partial charge in [-0.3, -0.25) is 4.79 Å². The number of ether oxygens (including phenoxy) is 1. The molecule has 1 aromatic rings. The van der Waals surface area contributed by atoms with Crippen molar-refractivity contribution in [3.05, 3.63) is 29.3 Å². The molecule has 0 aromatic heterocycles. The highest BCUT2D eigenvalue weighted by Crippen LogP contribution is 2.21. The van der Waals surface area contributed by atoms with Crippen LogP contribution in [-0.2, 0) is 0 Å². The molecule has 1 aromatic carbocycles. The smallest absolute Gasteiger partial charge is 0.153 e. The Labute approximate surface area is 95.0 Å². The van der Waals surface area contributed by atoms with Gasteiger partial charge in [0.1, 0.15) is 5.75 Å². The number of hydrogen-bond acceptors (Lipinski definition) is 3. The summed E-state index contributed by atoms with van der Waals surface area (Å²) in [5.74, 6) is 2.78. The minimum atomic E-state index is 0.636. The fourth-order valence-electron chi connectivity index (χ4n) is 1.31. The van der Waals surface area contributed by atoms with Gasteiger partial charge in [0.25, 0.3) is 0 Å². The average molecular weight is 224 g/mol. The number of para-hydroxylation sites is 1. The van der Waals surface area contributed by atoms with E-state index in [4.69, 9.17) is 4.74 Å². The van der Waals surface area contributed by atoms with Gasteiger partial charge in [-0.15, -0.1) is 0 Å². The third-order valence-electron chi connectivity index (χ3n) is 2.05. The Morgan fingerprint density at radius 1 is 1.47 bits per heavy atom. The summed E-state index contributed by atoms with van der Waals surface area (Å²) in [6.07, 6.45) is 0.843. The number of carbonyl (C=O) groups is 1. The molecule has 0 saturated carbocycles. The molecule has 82 valence electrons. The zero-order valence-corrected chi connectivity index (χ0v) is 9.97. The Hall–Kier alpha value is -0.960. The Morgan fingerprint density at radius 2 is 2.27 bits per heavy atom. The van der Waals surface area contributed by atoms with E-state index in [-0.39, 0.29) is 0 Å². The van der Waals surface area contributed by atoms with Gasteiger partial charge in [-0.25, -0.2) is 0 Å². The maximum atomic E-state index is 10.8. The van der Waals surface area contributed by atoms with Crippen molar-refractivity contribution in [2.24, 2.45) is 0 Å². The fraction of sp³-hybridized carbons (Fsp3) is 0.417. The van der Waals surface area contributed by atoms with Gasteiger partial charge >= 0.3 is 0 Å². The highest BCUT2D eigenvalue weighted by Gasteiger charge is 2.05. The van der Waals surface area contributed by atoms with Crippen molar-refractivity contribution in [3.63, 3.8) is 0 Å². The summed E-state index contributed by atoms with van der Waals surface area (Å²) in [5, 5.41) is 0. The molecule has 0 aliphatic rings. The standard InChI is InChI=1S/C12H16O2S/c1-3-15-8-7-14-12-10(2)5-4-6-11(12)9-13/h4-6,9H,3,7-8H2,1-2H3. The van der Waals surface area contributed by atoms with Gasteiger partial charge in [-0.1, -0.05) is 19.1 Å². The molecule has 15 heavy (non-hydrogen) atoms. The lowest BCUT2D eigenvalue weighted by atomic mass is 10.1. The highest BCUT2D eigenvalue weighted by molar-refractivity contribution is 7.99. The zero-order valence-electron chi connectivity index (χ0n) is 9.16. The predicted molar refractivity (Wildman–Crippen MR) is 65.1 cm³/mol. The number of aldehydes is 1. The van der Waals surface area contributed by atoms with Crippen molar-refractivity contribution in [1.29, 1.82) is 0 Å². The largest absolute Gasteiger partial charge is 0.492 e. The number of hydrogen-bond donors (Lipinski definition) is 0. The third kappa shape index (κ3) is 3.59. The molecule has 0 atom stereocenters. The highest BCUT2D eigenvalue weighted by atomic mass is 32.2. The van der Waals surface area contributed by atoms with Crippen molar-refractivity contribution >= 4 is 18.0 Å². The average Bonchev–Trinajstić information content (AvgIpc) is 2.26. The minimum absolute atomic E-state index is 0.636. The number of benzene rings is 1. The van der Waals surface area contributed by atoms with Crippen molar-refractivity contribution in [2.45, 2.75) is 13.8 Å². The van der Waals surface area contributed by atoms with Gasteiger partial charge in [0.2, 0.25) is 0 Å². The van der Waals surface area contributed by atoms with Crippen molar-refractivity contribution < 1.29 is 9.53 Å². The molecule has 0 radical (unpaired) electrons. The van der Waals surface area contributed by atoms with E-state index in [1.165, 1.54) is 0 Å². The second-order valence-corrected chi connectivity index (χ2v) is 4.55. The molecule has 0 fully saturated rings. The summed E-state index contributed by atoms with van der Waals surface area (Å²) < 4.78 is 5.61. The van der Waals surface area contributed by atoms with Crippen LogP contribution in [0.25, 0.3) is 0 Å². The van der Waals surface area contributed by atoms with Crippen molar-refractivity contribution in [3.8, 4) is 5.75 Å². The lowest BCUT2D eigenvalue weighted by molar-refractivity contribution is 0.111. The second-order valence-electron chi connectivity index (χ2n) is 3.16. The van der Waals surface area contributed by atoms with Crippen LogP contribution in [0.4, 0.5) is 0 Å². The Balaban J connectivity index is 2.62. The summed E-state index contributed by atoms with van der Waals surface area (Å²) in [7, 11) is 0. The molecule has 0 saturated heterocycles. The second kappa shape index (κ2) is 6.51. The van der Waals surface area contributed by atoms with E-state index in [1.807, 2.05) is 30.8 Å². The van der Waals surface area contributed by atoms with E-state index in [0.29, 0.717) is 12.2 Å². The maximum absolute atomic E-state index is 10.8. The first kappa shape index (κ1) is 12.1. The van der Waals surface area contributed by atoms with E-state index in [2.05, 4.69) is 6.92 Å². The summed E-state index contributed by atoms with van der Waals surface area (Å²) in [6.45, 7) is 4.73. The molecule has 0 unspecified atom stereocenters. The molecular formula is C12H16O2S. The summed E-state index contributed by atoms with van der Waals surface area (Å²) in [6, 6.07) is 5.60. The van der Waals surface area contributed by atoms with Crippen LogP contribution in [0.15, 0.2) is 18.2 Å². The topological polar surface area (TPSA) is 26.3 Å². The minimum Gasteiger partial charge on any atom is -0.492 e. The van der Waals surface area contributed by atoms with Gasteiger partial charge in [-0.05, 0) is 24.3 Å². The molecular weight excluding hydrogens is 208 g/mol. The maximum Gasteiger partial charge on any atom is 0.153 e. The van der Waals surface area contributed by atoms with Crippen LogP contribution < -0.4 is 4.74 Å². The normalized spacial score (nSPS) is 10.0. The molecule has 0 bridgehead atoms. The van der Waals surface area contributed by atoms with Gasteiger partial charge < -0.3 is 4.74 Å². The molecule has 2 nitrogen and oxygen atoms in total. The Kier molecular flexibility index (Phi) is 5.26. The summed E-state index contributed by atoms with van der Waals surface area (Å²) in [5.41, 5.74) is 1.65. The van der Waals surface area contributed by atoms with E-state index in [9.17, 15) is 4.79 Å². The van der Waals surface area contributed by atoms with Crippen LogP contribution in [0.1, 0.15) is 22.8 Å². The zero-order chi connectivity index (χ0) is 11.1. The van der Waals surface area contributed by atoms with E-state index in [0.717, 1.165) is 29.1 Å². The van der Waals surface area contributed by atoms with E-state index >= 15 is 0 Å². The summed E-state index contributed by atoms with van der Waals surface area (Å²) in [4.78, 5) is 10.8. The Bertz CT molecular complexity index is 323.